The van der Waals surface area contributed by atoms with Crippen molar-refractivity contribution < 1.29 is 4.79 Å². The van der Waals surface area contributed by atoms with Gasteiger partial charge in [-0.2, -0.15) is 0 Å². The van der Waals surface area contributed by atoms with E-state index in [-0.39, 0.29) is 5.91 Å². The number of carbonyl (C=O) groups is 1. The number of rotatable bonds is 7. The minimum atomic E-state index is -0.606. The predicted octanol–water partition coefficient (Wildman–Crippen LogP) is 1.39. The first kappa shape index (κ1) is 14.6. The third-order valence-electron chi connectivity index (χ3n) is 2.04. The smallest absolute Gasteiger partial charge is 0.240 e. The molecule has 0 saturated carbocycles. The maximum absolute atomic E-state index is 11.4. The molecule has 0 aliphatic heterocycles. The molecule has 1 atom stereocenters. The first-order chi connectivity index (χ1) is 7.61. The van der Waals surface area contributed by atoms with E-state index in [0.29, 0.717) is 6.54 Å². The van der Waals surface area contributed by atoms with E-state index >= 15 is 0 Å². The third kappa shape index (κ3) is 6.95. The Morgan fingerprint density at radius 2 is 2.31 bits per heavy atom. The molecule has 0 aliphatic rings. The van der Waals surface area contributed by atoms with Gasteiger partial charge in [0, 0.05) is 12.2 Å². The lowest BCUT2D eigenvalue weighted by Gasteiger charge is -2.07. The van der Waals surface area contributed by atoms with E-state index in [1.54, 1.807) is 18.2 Å². The lowest BCUT2D eigenvalue weighted by Crippen LogP contribution is -2.39. The summed E-state index contributed by atoms with van der Waals surface area (Å²) in [4.78, 5) is 15.1. The van der Waals surface area contributed by atoms with Crippen LogP contribution in [0.4, 0.5) is 0 Å². The van der Waals surface area contributed by atoms with Crippen molar-refractivity contribution in [3.05, 3.63) is 23.9 Å². The average Bonchev–Trinajstić information content (AvgIpc) is 2.28. The number of unbranched alkanes of at least 4 members (excludes halogenated alkanes) is 1. The van der Waals surface area contributed by atoms with E-state index in [1.165, 1.54) is 0 Å². The first-order valence-electron chi connectivity index (χ1n) is 5.47. The summed E-state index contributed by atoms with van der Waals surface area (Å²) in [6.45, 7) is 7.96. The van der Waals surface area contributed by atoms with Gasteiger partial charge in [-0.3, -0.25) is 9.79 Å². The molecule has 0 aromatic heterocycles. The van der Waals surface area contributed by atoms with Crippen LogP contribution in [0.15, 0.2) is 28.9 Å². The number of hydrogen-bond acceptors (Lipinski definition) is 3. The van der Waals surface area contributed by atoms with Gasteiger partial charge in [0.1, 0.15) is 6.04 Å². The number of nitrogens with one attached hydrogen (secondary N) is 1. The highest BCUT2D eigenvalue weighted by Gasteiger charge is 2.07. The predicted molar refractivity (Wildman–Crippen MR) is 68.3 cm³/mol. The molecule has 0 heterocycles. The van der Waals surface area contributed by atoms with Crippen LogP contribution in [0.2, 0.25) is 0 Å². The number of hydrogen-bond donors (Lipinski definition) is 2. The lowest BCUT2D eigenvalue weighted by molar-refractivity contribution is -0.121. The van der Waals surface area contributed by atoms with Crippen LogP contribution >= 0.6 is 0 Å². The fourth-order valence-corrected chi connectivity index (χ4v) is 0.961. The van der Waals surface area contributed by atoms with Gasteiger partial charge in [0.2, 0.25) is 5.91 Å². The summed E-state index contributed by atoms with van der Waals surface area (Å²) >= 11 is 0. The van der Waals surface area contributed by atoms with Crippen LogP contribution in [-0.4, -0.2) is 25.2 Å². The van der Waals surface area contributed by atoms with Crippen LogP contribution in [0.25, 0.3) is 0 Å². The van der Waals surface area contributed by atoms with Crippen molar-refractivity contribution in [3.8, 4) is 0 Å². The molecule has 0 saturated heterocycles. The van der Waals surface area contributed by atoms with Crippen LogP contribution in [0.3, 0.4) is 0 Å². The number of nitrogens with zero attached hydrogens (tertiary/aromatic N) is 1. The Bertz CT molecular complexity index is 282. The molecular weight excluding hydrogens is 202 g/mol. The summed E-state index contributed by atoms with van der Waals surface area (Å²) in [6, 6.07) is -0.606. The number of amides is 1. The van der Waals surface area contributed by atoms with Crippen molar-refractivity contribution in [1.29, 1.82) is 0 Å². The second kappa shape index (κ2) is 8.85. The molecule has 0 aromatic rings. The molecular formula is C12H21N3O. The summed E-state index contributed by atoms with van der Waals surface area (Å²) in [5.41, 5.74) is 6.44. The van der Waals surface area contributed by atoms with E-state index in [0.717, 1.165) is 18.5 Å². The Morgan fingerprint density at radius 1 is 1.62 bits per heavy atom. The van der Waals surface area contributed by atoms with Gasteiger partial charge in [-0.05, 0) is 26.1 Å². The van der Waals surface area contributed by atoms with Gasteiger partial charge < -0.3 is 11.1 Å². The van der Waals surface area contributed by atoms with Crippen LogP contribution in [0.5, 0.6) is 0 Å². The maximum Gasteiger partial charge on any atom is 0.240 e. The average molecular weight is 223 g/mol. The monoisotopic (exact) mass is 223 g/mol. The molecule has 1 unspecified atom stereocenters. The quantitative estimate of drug-likeness (QED) is 0.389. The maximum atomic E-state index is 11.4. The van der Waals surface area contributed by atoms with Crippen molar-refractivity contribution in [1.82, 2.24) is 5.32 Å². The number of carbonyl (C=O) groups excluding carboxylic acids is 1. The zero-order valence-corrected chi connectivity index (χ0v) is 10.1. The Hall–Kier alpha value is -1.42. The largest absolute Gasteiger partial charge is 0.354 e. The fourth-order valence-electron chi connectivity index (χ4n) is 0.961. The van der Waals surface area contributed by atoms with E-state index in [4.69, 9.17) is 5.73 Å². The van der Waals surface area contributed by atoms with Gasteiger partial charge >= 0.3 is 0 Å². The summed E-state index contributed by atoms with van der Waals surface area (Å²) in [5, 5.41) is 2.76. The fraction of sp³-hybridized carbons (Fsp3) is 0.500. The Morgan fingerprint density at radius 3 is 2.88 bits per heavy atom. The molecule has 1 amide bonds. The van der Waals surface area contributed by atoms with Gasteiger partial charge in [-0.1, -0.05) is 25.5 Å². The second-order valence-electron chi connectivity index (χ2n) is 3.52. The normalized spacial score (nSPS) is 13.8. The standard InChI is InChI=1S/C12H21N3O/c1-4-5-9-15-12(16)11(13)8-6-7-10(2)14-3/h6-8,11H,3-5,9,13H2,1-2H3,(H,15,16)/b8-6?,10-7-. The van der Waals surface area contributed by atoms with Gasteiger partial charge in [0.15, 0.2) is 0 Å². The van der Waals surface area contributed by atoms with Gasteiger partial charge in [0.05, 0.1) is 0 Å². The Labute approximate surface area is 97.3 Å². The Balaban J connectivity index is 4.00. The van der Waals surface area contributed by atoms with E-state index in [2.05, 4.69) is 24.0 Å². The highest BCUT2D eigenvalue weighted by Crippen LogP contribution is 1.93. The molecule has 4 nitrogen and oxygen atoms in total. The van der Waals surface area contributed by atoms with E-state index in [1.807, 2.05) is 6.92 Å². The van der Waals surface area contributed by atoms with Gasteiger partial charge in [0.25, 0.3) is 0 Å². The molecule has 0 aromatic carbocycles. The zero-order chi connectivity index (χ0) is 12.4. The van der Waals surface area contributed by atoms with Gasteiger partial charge in [-0.15, -0.1) is 0 Å². The SMILES string of the molecule is C=N/C(C)=C\C=CC(N)C(=O)NCCCC. The third-order valence-corrected chi connectivity index (χ3v) is 2.04. The van der Waals surface area contributed by atoms with Crippen LogP contribution < -0.4 is 11.1 Å². The highest BCUT2D eigenvalue weighted by molar-refractivity contribution is 5.83. The minimum Gasteiger partial charge on any atom is -0.354 e. The van der Waals surface area contributed by atoms with Crippen LogP contribution in [0.1, 0.15) is 26.7 Å². The van der Waals surface area contributed by atoms with Crippen molar-refractivity contribution in [3.63, 3.8) is 0 Å². The summed E-state index contributed by atoms with van der Waals surface area (Å²) in [7, 11) is 0. The van der Waals surface area contributed by atoms with Crippen LogP contribution in [0, 0.1) is 0 Å². The van der Waals surface area contributed by atoms with Crippen molar-refractivity contribution in [2.24, 2.45) is 10.7 Å². The first-order valence-corrected chi connectivity index (χ1v) is 5.47. The Kier molecular flexibility index (Phi) is 8.07. The summed E-state index contributed by atoms with van der Waals surface area (Å²) in [6.07, 6.45) is 7.14. The van der Waals surface area contributed by atoms with E-state index in [9.17, 15) is 4.79 Å². The number of nitrogens with two attached hydrogens (primary N) is 1. The lowest BCUT2D eigenvalue weighted by atomic mass is 10.2. The van der Waals surface area contributed by atoms with Gasteiger partial charge in [-0.25, -0.2) is 0 Å². The molecule has 3 N–H and O–H groups in total. The zero-order valence-electron chi connectivity index (χ0n) is 10.1. The molecule has 0 rings (SSSR count). The molecule has 0 bridgehead atoms. The molecule has 0 aliphatic carbocycles. The van der Waals surface area contributed by atoms with Crippen molar-refractivity contribution in [2.45, 2.75) is 32.7 Å². The molecule has 16 heavy (non-hydrogen) atoms. The van der Waals surface area contributed by atoms with Crippen molar-refractivity contribution >= 4 is 12.6 Å². The minimum absolute atomic E-state index is 0.151. The molecule has 0 radical (unpaired) electrons. The highest BCUT2D eigenvalue weighted by atomic mass is 16.2. The number of allylic oxidation sites excluding steroid dienone is 3. The van der Waals surface area contributed by atoms with Crippen molar-refractivity contribution in [2.75, 3.05) is 6.54 Å². The topological polar surface area (TPSA) is 67.5 Å². The molecule has 0 spiro atoms. The number of aliphatic imine (C=N–C) groups is 1. The summed E-state index contributed by atoms with van der Waals surface area (Å²) in [5.74, 6) is -0.151. The van der Waals surface area contributed by atoms with Crippen LogP contribution in [-0.2, 0) is 4.79 Å². The summed E-state index contributed by atoms with van der Waals surface area (Å²) < 4.78 is 0. The second-order valence-corrected chi connectivity index (χ2v) is 3.52. The molecule has 90 valence electrons. The molecule has 4 heteroatoms. The van der Waals surface area contributed by atoms with E-state index < -0.39 is 6.04 Å². The molecule has 0 fully saturated rings.